The Labute approximate surface area is 159 Å². The molecule has 146 valence electrons. The van der Waals surface area contributed by atoms with E-state index in [9.17, 15) is 4.79 Å². The highest BCUT2D eigenvalue weighted by atomic mass is 16.6. The summed E-state index contributed by atoms with van der Waals surface area (Å²) >= 11 is 0. The number of rotatable bonds is 4. The molecule has 4 bridgehead atoms. The largest absolute Gasteiger partial charge is 0.459 e. The Morgan fingerprint density at radius 2 is 1.62 bits per heavy atom. The van der Waals surface area contributed by atoms with E-state index in [1.807, 2.05) is 0 Å². The fourth-order valence-electron chi connectivity index (χ4n) is 7.85. The molecule has 1 aliphatic heterocycles. The third-order valence-electron chi connectivity index (χ3n) is 8.57. The quantitative estimate of drug-likeness (QED) is 0.676. The topological polar surface area (TPSA) is 29.5 Å². The van der Waals surface area contributed by atoms with E-state index < -0.39 is 0 Å². The minimum Gasteiger partial charge on any atom is -0.459 e. The van der Waals surface area contributed by atoms with Crippen LogP contribution in [0.15, 0.2) is 0 Å². The molecule has 0 radical (unpaired) electrons. The van der Waals surface area contributed by atoms with Crippen LogP contribution >= 0.6 is 0 Å². The van der Waals surface area contributed by atoms with Crippen molar-refractivity contribution in [1.82, 2.24) is 4.90 Å². The van der Waals surface area contributed by atoms with Crippen molar-refractivity contribution in [2.24, 2.45) is 29.6 Å². The van der Waals surface area contributed by atoms with Crippen molar-refractivity contribution in [2.45, 2.75) is 95.6 Å². The molecule has 3 nitrogen and oxygen atoms in total. The first-order chi connectivity index (χ1) is 12.6. The number of likely N-dealkylation sites (tertiary alicyclic amines) is 1. The fourth-order valence-corrected chi connectivity index (χ4v) is 7.85. The van der Waals surface area contributed by atoms with Gasteiger partial charge in [0.05, 0.1) is 5.92 Å². The molecule has 1 heterocycles. The summed E-state index contributed by atoms with van der Waals surface area (Å²) in [5.74, 6) is 3.55. The van der Waals surface area contributed by atoms with Gasteiger partial charge in [-0.15, -0.1) is 0 Å². The lowest BCUT2D eigenvalue weighted by Gasteiger charge is -2.56. The maximum atomic E-state index is 13.0. The molecule has 6 aliphatic rings. The monoisotopic (exact) mass is 359 g/mol. The summed E-state index contributed by atoms with van der Waals surface area (Å²) in [5.41, 5.74) is -0.0740. The highest BCUT2D eigenvalue weighted by Gasteiger charge is 2.53. The lowest BCUT2D eigenvalue weighted by Crippen LogP contribution is -2.54. The molecule has 0 aromatic rings. The van der Waals surface area contributed by atoms with E-state index in [1.54, 1.807) is 0 Å². The van der Waals surface area contributed by atoms with E-state index in [0.29, 0.717) is 0 Å². The lowest BCUT2D eigenvalue weighted by atomic mass is 9.54. The second-order valence-electron chi connectivity index (χ2n) is 10.7. The molecule has 5 aliphatic carbocycles. The van der Waals surface area contributed by atoms with Gasteiger partial charge in [-0.2, -0.15) is 0 Å². The minimum atomic E-state index is -0.0740. The number of hydrogen-bond acceptors (Lipinski definition) is 3. The molecule has 5 saturated carbocycles. The third kappa shape index (κ3) is 3.23. The molecule has 0 aromatic heterocycles. The van der Waals surface area contributed by atoms with Crippen molar-refractivity contribution in [3.05, 3.63) is 0 Å². The second kappa shape index (κ2) is 6.79. The number of nitrogens with zero attached hydrogens (tertiary/aromatic N) is 1. The van der Waals surface area contributed by atoms with Crippen LogP contribution in [0.5, 0.6) is 0 Å². The Morgan fingerprint density at radius 3 is 2.31 bits per heavy atom. The predicted octanol–water partition coefficient (Wildman–Crippen LogP) is 4.79. The van der Waals surface area contributed by atoms with Crippen molar-refractivity contribution in [1.29, 1.82) is 0 Å². The zero-order valence-corrected chi connectivity index (χ0v) is 16.6. The minimum absolute atomic E-state index is 0.0312. The Kier molecular flexibility index (Phi) is 4.58. The van der Waals surface area contributed by atoms with Gasteiger partial charge >= 0.3 is 5.97 Å². The summed E-state index contributed by atoms with van der Waals surface area (Å²) in [4.78, 5) is 15.7. The van der Waals surface area contributed by atoms with E-state index in [0.717, 1.165) is 55.5 Å². The van der Waals surface area contributed by atoms with E-state index in [-0.39, 0.29) is 17.5 Å². The molecule has 3 unspecified atom stereocenters. The zero-order chi connectivity index (χ0) is 17.7. The molecular weight excluding hydrogens is 322 g/mol. The molecule has 3 heteroatoms. The lowest BCUT2D eigenvalue weighted by molar-refractivity contribution is -0.191. The van der Waals surface area contributed by atoms with E-state index in [4.69, 9.17) is 4.74 Å². The standard InChI is InChI=1S/C23H37NO2/c1-16(15-24-8-4-6-20-5-2-3-7-21(20)24)22(25)26-23-12-17-9-18(13-23)11-19(10-17)14-23/h16-21H,2-15H2,1H3. The molecule has 6 rings (SSSR count). The summed E-state index contributed by atoms with van der Waals surface area (Å²) < 4.78 is 6.32. The first-order valence-electron chi connectivity index (χ1n) is 11.6. The molecule has 3 atom stereocenters. The Balaban J connectivity index is 1.20. The maximum absolute atomic E-state index is 13.0. The SMILES string of the molecule is CC(CN1CCCC2CCCCC21)C(=O)OC12CC3CC(CC(C3)C1)C2. The Morgan fingerprint density at radius 1 is 1.00 bits per heavy atom. The van der Waals surface area contributed by atoms with Crippen LogP contribution in [0.3, 0.4) is 0 Å². The van der Waals surface area contributed by atoms with Gasteiger partial charge in [0.15, 0.2) is 0 Å². The summed E-state index contributed by atoms with van der Waals surface area (Å²) in [6.45, 7) is 4.23. The number of piperidine rings is 1. The van der Waals surface area contributed by atoms with Crippen molar-refractivity contribution in [2.75, 3.05) is 13.1 Å². The predicted molar refractivity (Wildman–Crippen MR) is 103 cm³/mol. The van der Waals surface area contributed by atoms with Gasteiger partial charge in [0.2, 0.25) is 0 Å². The number of fused-ring (bicyclic) bond motifs is 1. The Bertz CT molecular complexity index is 507. The van der Waals surface area contributed by atoms with Gasteiger partial charge in [-0.1, -0.05) is 19.8 Å². The molecule has 0 aromatic carbocycles. The van der Waals surface area contributed by atoms with Crippen LogP contribution in [0.1, 0.15) is 84.0 Å². The van der Waals surface area contributed by atoms with E-state index >= 15 is 0 Å². The first kappa shape index (κ1) is 17.5. The number of ether oxygens (including phenoxy) is 1. The molecular formula is C23H37NO2. The zero-order valence-electron chi connectivity index (χ0n) is 16.6. The van der Waals surface area contributed by atoms with Crippen LogP contribution in [-0.2, 0) is 9.53 Å². The number of hydrogen-bond donors (Lipinski definition) is 0. The van der Waals surface area contributed by atoms with Crippen LogP contribution in [0.25, 0.3) is 0 Å². The Hall–Kier alpha value is -0.570. The molecule has 0 spiro atoms. The molecule has 6 fully saturated rings. The highest BCUT2D eigenvalue weighted by Crippen LogP contribution is 2.57. The second-order valence-corrected chi connectivity index (χ2v) is 10.7. The van der Waals surface area contributed by atoms with Crippen LogP contribution in [0, 0.1) is 29.6 Å². The summed E-state index contributed by atoms with van der Waals surface area (Å²) in [6, 6.07) is 0.743. The average Bonchev–Trinajstić information content (AvgIpc) is 2.60. The molecule has 0 amide bonds. The average molecular weight is 360 g/mol. The fraction of sp³-hybridized carbons (Fsp3) is 0.957. The number of carbonyl (C=O) groups is 1. The van der Waals surface area contributed by atoms with Gasteiger partial charge in [0.25, 0.3) is 0 Å². The van der Waals surface area contributed by atoms with Crippen molar-refractivity contribution >= 4 is 5.97 Å². The third-order valence-corrected chi connectivity index (χ3v) is 8.57. The van der Waals surface area contributed by atoms with Crippen molar-refractivity contribution in [3.63, 3.8) is 0 Å². The van der Waals surface area contributed by atoms with Crippen LogP contribution < -0.4 is 0 Å². The highest BCUT2D eigenvalue weighted by molar-refractivity contribution is 5.72. The summed E-state index contributed by atoms with van der Waals surface area (Å²) in [6.07, 6.45) is 16.0. The van der Waals surface area contributed by atoms with Gasteiger partial charge in [-0.05, 0) is 94.4 Å². The van der Waals surface area contributed by atoms with Gasteiger partial charge < -0.3 is 4.74 Å². The number of carbonyl (C=O) groups excluding carboxylic acids is 1. The van der Waals surface area contributed by atoms with Gasteiger partial charge in [-0.25, -0.2) is 0 Å². The van der Waals surface area contributed by atoms with Crippen LogP contribution in [0.2, 0.25) is 0 Å². The molecule has 1 saturated heterocycles. The maximum Gasteiger partial charge on any atom is 0.310 e. The van der Waals surface area contributed by atoms with Crippen LogP contribution in [0.4, 0.5) is 0 Å². The van der Waals surface area contributed by atoms with Crippen LogP contribution in [-0.4, -0.2) is 35.6 Å². The van der Waals surface area contributed by atoms with Gasteiger partial charge in [0.1, 0.15) is 5.60 Å². The van der Waals surface area contributed by atoms with Gasteiger partial charge in [-0.3, -0.25) is 9.69 Å². The smallest absolute Gasteiger partial charge is 0.310 e. The van der Waals surface area contributed by atoms with Crippen molar-refractivity contribution < 1.29 is 9.53 Å². The molecule has 26 heavy (non-hydrogen) atoms. The molecule has 0 N–H and O–H groups in total. The summed E-state index contributed by atoms with van der Waals surface area (Å²) in [5, 5.41) is 0. The number of esters is 1. The van der Waals surface area contributed by atoms with E-state index in [1.165, 1.54) is 64.3 Å². The van der Waals surface area contributed by atoms with Gasteiger partial charge in [0, 0.05) is 12.6 Å². The summed E-state index contributed by atoms with van der Waals surface area (Å²) in [7, 11) is 0. The normalized spacial score (nSPS) is 46.0. The van der Waals surface area contributed by atoms with E-state index in [2.05, 4.69) is 11.8 Å². The van der Waals surface area contributed by atoms with Crippen molar-refractivity contribution in [3.8, 4) is 0 Å². The first-order valence-corrected chi connectivity index (χ1v) is 11.6.